The molecule has 11 heteroatoms. The Balaban J connectivity index is 2.82. The zero-order valence-electron chi connectivity index (χ0n) is 16.7. The molecule has 0 aliphatic rings. The number of carbonyl (C=O) groups excluding carboxylic acids is 2. The number of nitrogens with one attached hydrogen (secondary N) is 1. The third-order valence-electron chi connectivity index (χ3n) is 3.97. The second kappa shape index (κ2) is 9.57. The van der Waals surface area contributed by atoms with E-state index in [4.69, 9.17) is 4.74 Å². The number of alkyl halides is 3. The molecule has 0 bridgehead atoms. The molecule has 0 saturated heterocycles. The second-order valence-electron chi connectivity index (χ2n) is 6.91. The molecule has 0 aromatic heterocycles. The van der Waals surface area contributed by atoms with Gasteiger partial charge in [-0.15, -0.1) is 0 Å². The largest absolute Gasteiger partial charge is 0.451 e. The molecule has 0 unspecified atom stereocenters. The zero-order valence-corrected chi connectivity index (χ0v) is 16.7. The molecule has 1 aromatic carbocycles. The molecule has 0 saturated carbocycles. The summed E-state index contributed by atoms with van der Waals surface area (Å²) < 4.78 is 43.2. The van der Waals surface area contributed by atoms with Gasteiger partial charge in [0.15, 0.2) is 6.10 Å². The lowest BCUT2D eigenvalue weighted by Crippen LogP contribution is -2.47. The molecular formula is C18H24F3N3O5. The highest BCUT2D eigenvalue weighted by molar-refractivity contribution is 5.85. The number of esters is 1. The van der Waals surface area contributed by atoms with Gasteiger partial charge < -0.3 is 15.0 Å². The van der Waals surface area contributed by atoms with Crippen LogP contribution in [-0.2, 0) is 20.5 Å². The molecule has 1 aromatic rings. The second-order valence-corrected chi connectivity index (χ2v) is 6.91. The van der Waals surface area contributed by atoms with Gasteiger partial charge in [-0.25, -0.2) is 0 Å². The first-order chi connectivity index (χ1) is 13.3. The topological polar surface area (TPSA) is 102 Å². The number of halogens is 3. The third-order valence-corrected chi connectivity index (χ3v) is 3.97. The number of hydrogen-bond donors (Lipinski definition) is 1. The first-order valence-electron chi connectivity index (χ1n) is 8.86. The van der Waals surface area contributed by atoms with Crippen LogP contribution in [0.1, 0.15) is 40.2 Å². The molecule has 0 aliphatic heterocycles. The number of anilines is 1. The number of nitro benzene ring substituents is 1. The van der Waals surface area contributed by atoms with E-state index in [-0.39, 0.29) is 17.8 Å². The Morgan fingerprint density at radius 2 is 1.72 bits per heavy atom. The SMILES string of the molecule is CC(C)N(C(=O)[C@@H](C)OC(=O)CNc1ccc(C(F)(F)F)cc1[N+](=O)[O-])C(C)C. The van der Waals surface area contributed by atoms with Crippen LogP contribution < -0.4 is 5.32 Å². The summed E-state index contributed by atoms with van der Waals surface area (Å²) in [7, 11) is 0. The lowest BCUT2D eigenvalue weighted by molar-refractivity contribution is -0.384. The van der Waals surface area contributed by atoms with Crippen LogP contribution in [0.25, 0.3) is 0 Å². The number of nitrogens with zero attached hydrogens (tertiary/aromatic N) is 2. The summed E-state index contributed by atoms with van der Waals surface area (Å²) in [5.74, 6) is -1.28. The lowest BCUT2D eigenvalue weighted by Gasteiger charge is -2.32. The molecule has 1 atom stereocenters. The van der Waals surface area contributed by atoms with E-state index in [0.717, 1.165) is 6.07 Å². The van der Waals surface area contributed by atoms with Gasteiger partial charge in [0.2, 0.25) is 0 Å². The van der Waals surface area contributed by atoms with E-state index in [1.807, 2.05) is 27.7 Å². The smallest absolute Gasteiger partial charge is 0.416 e. The summed E-state index contributed by atoms with van der Waals surface area (Å²) in [6, 6.07) is 1.68. The molecule has 162 valence electrons. The van der Waals surface area contributed by atoms with Crippen molar-refractivity contribution >= 4 is 23.3 Å². The van der Waals surface area contributed by atoms with Crippen molar-refractivity contribution in [3.05, 3.63) is 33.9 Å². The van der Waals surface area contributed by atoms with E-state index < -0.39 is 46.9 Å². The van der Waals surface area contributed by atoms with Crippen LogP contribution in [0.15, 0.2) is 18.2 Å². The van der Waals surface area contributed by atoms with Crippen LogP contribution in [0.3, 0.4) is 0 Å². The van der Waals surface area contributed by atoms with Gasteiger partial charge in [0, 0.05) is 18.2 Å². The Hall–Kier alpha value is -2.85. The molecule has 0 fully saturated rings. The van der Waals surface area contributed by atoms with Crippen molar-refractivity contribution in [1.29, 1.82) is 0 Å². The maximum Gasteiger partial charge on any atom is 0.416 e. The molecule has 1 amide bonds. The van der Waals surface area contributed by atoms with Gasteiger partial charge in [0.05, 0.1) is 10.5 Å². The zero-order chi connectivity index (χ0) is 22.5. The predicted molar refractivity (Wildman–Crippen MR) is 99.3 cm³/mol. The van der Waals surface area contributed by atoms with Gasteiger partial charge in [0.25, 0.3) is 11.6 Å². The van der Waals surface area contributed by atoms with Gasteiger partial charge >= 0.3 is 12.1 Å². The van der Waals surface area contributed by atoms with Crippen LogP contribution in [-0.4, -0.2) is 46.4 Å². The molecule has 29 heavy (non-hydrogen) atoms. The highest BCUT2D eigenvalue weighted by Crippen LogP contribution is 2.34. The molecule has 0 heterocycles. The summed E-state index contributed by atoms with van der Waals surface area (Å²) in [6.45, 7) is 8.11. The Bertz CT molecular complexity index is 758. The fourth-order valence-corrected chi connectivity index (χ4v) is 2.78. The quantitative estimate of drug-likeness (QED) is 0.392. The summed E-state index contributed by atoms with van der Waals surface area (Å²) in [4.78, 5) is 36.0. The van der Waals surface area contributed by atoms with Crippen LogP contribution in [0.2, 0.25) is 0 Å². The number of carbonyl (C=O) groups is 2. The molecular weight excluding hydrogens is 395 g/mol. The Kier molecular flexibility index (Phi) is 7.98. The fourth-order valence-electron chi connectivity index (χ4n) is 2.78. The highest BCUT2D eigenvalue weighted by Gasteiger charge is 2.33. The van der Waals surface area contributed by atoms with E-state index in [2.05, 4.69) is 5.32 Å². The summed E-state index contributed by atoms with van der Waals surface area (Å²) in [6.07, 6.45) is -5.83. The monoisotopic (exact) mass is 419 g/mol. The lowest BCUT2D eigenvalue weighted by atomic mass is 10.1. The van der Waals surface area contributed by atoms with E-state index in [1.54, 1.807) is 4.90 Å². The van der Waals surface area contributed by atoms with E-state index >= 15 is 0 Å². The average molecular weight is 419 g/mol. The standard InChI is InChI=1S/C18H24F3N3O5/c1-10(2)23(11(3)4)17(26)12(5)29-16(25)9-22-14-7-6-13(18(19,20)21)8-15(14)24(27)28/h6-8,10-12,22H,9H2,1-5H3/t12-/m1/s1. The van der Waals surface area contributed by atoms with Gasteiger partial charge in [0.1, 0.15) is 12.2 Å². The highest BCUT2D eigenvalue weighted by atomic mass is 19.4. The molecule has 1 rings (SSSR count). The first kappa shape index (κ1) is 24.2. The van der Waals surface area contributed by atoms with Crippen molar-refractivity contribution in [1.82, 2.24) is 4.90 Å². The van der Waals surface area contributed by atoms with Gasteiger partial charge in [-0.2, -0.15) is 13.2 Å². The van der Waals surface area contributed by atoms with Crippen LogP contribution in [0, 0.1) is 10.1 Å². The van der Waals surface area contributed by atoms with Crippen molar-refractivity contribution in [3.8, 4) is 0 Å². The van der Waals surface area contributed by atoms with Crippen molar-refractivity contribution in [2.24, 2.45) is 0 Å². The normalized spacial score (nSPS) is 12.6. The summed E-state index contributed by atoms with van der Waals surface area (Å²) >= 11 is 0. The van der Waals surface area contributed by atoms with Gasteiger partial charge in [-0.05, 0) is 46.8 Å². The van der Waals surface area contributed by atoms with E-state index in [1.165, 1.54) is 6.92 Å². The number of benzene rings is 1. The predicted octanol–water partition coefficient (Wildman–Crippen LogP) is 3.60. The number of nitro groups is 1. The number of ether oxygens (including phenoxy) is 1. The average Bonchev–Trinajstić information content (AvgIpc) is 2.58. The van der Waals surface area contributed by atoms with Gasteiger partial charge in [-0.3, -0.25) is 19.7 Å². The number of amides is 1. The first-order valence-corrected chi connectivity index (χ1v) is 8.86. The van der Waals surface area contributed by atoms with Crippen LogP contribution in [0.5, 0.6) is 0 Å². The Morgan fingerprint density at radius 1 is 1.17 bits per heavy atom. The van der Waals surface area contributed by atoms with Crippen molar-refractivity contribution in [2.45, 2.75) is 59.0 Å². The molecule has 0 aliphatic carbocycles. The molecule has 0 spiro atoms. The Labute approximate surface area is 166 Å². The van der Waals surface area contributed by atoms with E-state index in [9.17, 15) is 32.9 Å². The molecule has 8 nitrogen and oxygen atoms in total. The molecule has 0 radical (unpaired) electrons. The number of hydrogen-bond acceptors (Lipinski definition) is 6. The van der Waals surface area contributed by atoms with Crippen molar-refractivity contribution in [2.75, 3.05) is 11.9 Å². The maximum atomic E-state index is 12.7. The number of rotatable bonds is 8. The minimum atomic E-state index is -4.74. The fraction of sp³-hybridized carbons (Fsp3) is 0.556. The summed E-state index contributed by atoms with van der Waals surface area (Å²) in [5.41, 5.74) is -2.29. The minimum Gasteiger partial charge on any atom is -0.451 e. The Morgan fingerprint density at radius 3 is 2.17 bits per heavy atom. The van der Waals surface area contributed by atoms with Crippen molar-refractivity contribution in [3.63, 3.8) is 0 Å². The third kappa shape index (κ3) is 6.61. The van der Waals surface area contributed by atoms with Crippen molar-refractivity contribution < 1.29 is 32.4 Å². The van der Waals surface area contributed by atoms with Gasteiger partial charge in [-0.1, -0.05) is 0 Å². The molecule has 1 N–H and O–H groups in total. The summed E-state index contributed by atoms with van der Waals surface area (Å²) in [5, 5.41) is 13.4. The van der Waals surface area contributed by atoms with E-state index in [0.29, 0.717) is 12.1 Å². The maximum absolute atomic E-state index is 12.7. The van der Waals surface area contributed by atoms with Crippen LogP contribution >= 0.6 is 0 Å². The minimum absolute atomic E-state index is 0.114. The van der Waals surface area contributed by atoms with Crippen LogP contribution in [0.4, 0.5) is 24.5 Å².